The van der Waals surface area contributed by atoms with Crippen molar-refractivity contribution in [3.63, 3.8) is 0 Å². The highest BCUT2D eigenvalue weighted by molar-refractivity contribution is 6.38. The maximum absolute atomic E-state index is 6.00. The lowest BCUT2D eigenvalue weighted by atomic mass is 10.1. The van der Waals surface area contributed by atoms with Crippen molar-refractivity contribution in [2.45, 2.75) is 0 Å². The summed E-state index contributed by atoms with van der Waals surface area (Å²) in [5.74, 6) is 0. The van der Waals surface area contributed by atoms with Crippen LogP contribution in [0.4, 0.5) is 0 Å². The average molecular weight is 225 g/mol. The molecular weight excluding hydrogens is 219 g/mol. The number of halogens is 2. The third-order valence-corrected chi connectivity index (χ3v) is 2.40. The Morgan fingerprint density at radius 1 is 0.857 bits per heavy atom. The second-order valence-electron chi connectivity index (χ2n) is 2.71. The van der Waals surface area contributed by atoms with Crippen molar-refractivity contribution in [3.8, 4) is 11.1 Å². The Morgan fingerprint density at radius 2 is 1.43 bits per heavy atom. The summed E-state index contributed by atoms with van der Waals surface area (Å²) >= 11 is 12.0. The van der Waals surface area contributed by atoms with Crippen LogP contribution in [0.15, 0.2) is 36.9 Å². The summed E-state index contributed by atoms with van der Waals surface area (Å²) in [6.07, 6.45) is 6.54. The second-order valence-corrected chi connectivity index (χ2v) is 3.53. The van der Waals surface area contributed by atoms with E-state index in [9.17, 15) is 0 Å². The Hall–Kier alpha value is -1.12. The van der Waals surface area contributed by atoms with E-state index < -0.39 is 0 Å². The standard InChI is InChI=1S/C10H6Cl2N2/c11-8-5-14-6-9(12)10(8)7-1-3-13-4-2-7/h1-6H. The van der Waals surface area contributed by atoms with Gasteiger partial charge in [-0.15, -0.1) is 0 Å². The molecule has 0 aliphatic rings. The molecule has 0 unspecified atom stereocenters. The first-order valence-electron chi connectivity index (χ1n) is 3.98. The SMILES string of the molecule is Clc1cncc(Cl)c1-c1ccncc1. The van der Waals surface area contributed by atoms with Gasteiger partial charge in [0.15, 0.2) is 0 Å². The molecule has 0 spiro atoms. The molecule has 2 nitrogen and oxygen atoms in total. The Morgan fingerprint density at radius 3 is 2.00 bits per heavy atom. The van der Waals surface area contributed by atoms with Crippen LogP contribution in [0.25, 0.3) is 11.1 Å². The van der Waals surface area contributed by atoms with Gasteiger partial charge in [0.1, 0.15) is 0 Å². The topological polar surface area (TPSA) is 25.8 Å². The van der Waals surface area contributed by atoms with Gasteiger partial charge in [0, 0.05) is 30.4 Å². The number of nitrogens with zero attached hydrogens (tertiary/aromatic N) is 2. The van der Waals surface area contributed by atoms with Crippen LogP contribution >= 0.6 is 23.2 Å². The molecule has 14 heavy (non-hydrogen) atoms. The molecule has 2 aromatic rings. The summed E-state index contributed by atoms with van der Waals surface area (Å²) in [6.45, 7) is 0. The minimum Gasteiger partial charge on any atom is -0.265 e. The zero-order valence-electron chi connectivity index (χ0n) is 7.11. The van der Waals surface area contributed by atoms with Gasteiger partial charge >= 0.3 is 0 Å². The molecule has 70 valence electrons. The van der Waals surface area contributed by atoms with E-state index in [0.29, 0.717) is 10.0 Å². The number of pyridine rings is 2. The van der Waals surface area contributed by atoms with Crippen LogP contribution in [0.3, 0.4) is 0 Å². The molecule has 0 saturated carbocycles. The number of hydrogen-bond donors (Lipinski definition) is 0. The quantitative estimate of drug-likeness (QED) is 0.742. The average Bonchev–Trinajstić information content (AvgIpc) is 2.19. The minimum absolute atomic E-state index is 0.545. The molecule has 2 aromatic heterocycles. The van der Waals surface area contributed by atoms with Crippen LogP contribution in [-0.2, 0) is 0 Å². The lowest BCUT2D eigenvalue weighted by Crippen LogP contribution is -1.83. The van der Waals surface area contributed by atoms with Gasteiger partial charge in [-0.25, -0.2) is 0 Å². The van der Waals surface area contributed by atoms with Crippen LogP contribution in [0.2, 0.25) is 10.0 Å². The zero-order chi connectivity index (χ0) is 9.97. The van der Waals surface area contributed by atoms with Crippen molar-refractivity contribution >= 4 is 23.2 Å². The van der Waals surface area contributed by atoms with E-state index in [4.69, 9.17) is 23.2 Å². The fourth-order valence-corrected chi connectivity index (χ4v) is 1.79. The largest absolute Gasteiger partial charge is 0.265 e. The van der Waals surface area contributed by atoms with Gasteiger partial charge in [-0.2, -0.15) is 0 Å². The highest BCUT2D eigenvalue weighted by Gasteiger charge is 2.07. The third-order valence-electron chi connectivity index (χ3n) is 1.82. The minimum atomic E-state index is 0.545. The molecule has 0 saturated heterocycles. The third kappa shape index (κ3) is 1.72. The Labute approximate surface area is 91.5 Å². The summed E-state index contributed by atoms with van der Waals surface area (Å²) in [5, 5.41) is 1.09. The van der Waals surface area contributed by atoms with Crippen molar-refractivity contribution in [3.05, 3.63) is 47.0 Å². The lowest BCUT2D eigenvalue weighted by Gasteiger charge is -2.05. The molecule has 0 aliphatic heterocycles. The first-order chi connectivity index (χ1) is 6.79. The molecule has 0 N–H and O–H groups in total. The predicted octanol–water partition coefficient (Wildman–Crippen LogP) is 3.45. The van der Waals surface area contributed by atoms with Crippen molar-refractivity contribution in [2.75, 3.05) is 0 Å². The monoisotopic (exact) mass is 224 g/mol. The first kappa shape index (κ1) is 9.44. The van der Waals surface area contributed by atoms with Gasteiger partial charge in [0.2, 0.25) is 0 Å². The fraction of sp³-hybridized carbons (Fsp3) is 0. The molecule has 2 heterocycles. The molecule has 0 aromatic carbocycles. The van der Waals surface area contributed by atoms with Gasteiger partial charge in [-0.1, -0.05) is 23.2 Å². The molecule has 0 aliphatic carbocycles. The summed E-state index contributed by atoms with van der Waals surface area (Å²) in [6, 6.07) is 3.71. The lowest BCUT2D eigenvalue weighted by molar-refractivity contribution is 1.31. The van der Waals surface area contributed by atoms with Crippen LogP contribution in [0, 0.1) is 0 Å². The highest BCUT2D eigenvalue weighted by atomic mass is 35.5. The number of hydrogen-bond acceptors (Lipinski definition) is 2. The van der Waals surface area contributed by atoms with Crippen LogP contribution in [0.1, 0.15) is 0 Å². The van der Waals surface area contributed by atoms with Gasteiger partial charge < -0.3 is 0 Å². The van der Waals surface area contributed by atoms with E-state index >= 15 is 0 Å². The molecule has 0 amide bonds. The first-order valence-corrected chi connectivity index (χ1v) is 4.74. The molecule has 0 fully saturated rings. The molecule has 4 heteroatoms. The Kier molecular flexibility index (Phi) is 2.66. The number of aromatic nitrogens is 2. The van der Waals surface area contributed by atoms with E-state index in [0.717, 1.165) is 11.1 Å². The van der Waals surface area contributed by atoms with Gasteiger partial charge in [-0.3, -0.25) is 9.97 Å². The second kappa shape index (κ2) is 3.95. The zero-order valence-corrected chi connectivity index (χ0v) is 8.63. The van der Waals surface area contributed by atoms with Crippen molar-refractivity contribution in [1.29, 1.82) is 0 Å². The highest BCUT2D eigenvalue weighted by Crippen LogP contribution is 2.32. The molecule has 0 radical (unpaired) electrons. The van der Waals surface area contributed by atoms with Crippen LogP contribution < -0.4 is 0 Å². The number of rotatable bonds is 1. The Bertz CT molecular complexity index is 423. The molecular formula is C10H6Cl2N2. The van der Waals surface area contributed by atoms with Gasteiger partial charge in [0.25, 0.3) is 0 Å². The van der Waals surface area contributed by atoms with E-state index in [1.54, 1.807) is 24.8 Å². The summed E-state index contributed by atoms with van der Waals surface area (Å²) in [5.41, 5.74) is 1.74. The van der Waals surface area contributed by atoms with E-state index in [-0.39, 0.29) is 0 Å². The smallest absolute Gasteiger partial charge is 0.0682 e. The predicted molar refractivity (Wildman–Crippen MR) is 57.5 cm³/mol. The van der Waals surface area contributed by atoms with Gasteiger partial charge in [-0.05, 0) is 17.7 Å². The van der Waals surface area contributed by atoms with Crippen LogP contribution in [0.5, 0.6) is 0 Å². The normalized spacial score (nSPS) is 10.1. The Balaban J connectivity index is 2.63. The van der Waals surface area contributed by atoms with E-state index in [1.807, 2.05) is 12.1 Å². The van der Waals surface area contributed by atoms with Crippen molar-refractivity contribution in [2.24, 2.45) is 0 Å². The van der Waals surface area contributed by atoms with Gasteiger partial charge in [0.05, 0.1) is 10.0 Å². The van der Waals surface area contributed by atoms with E-state index in [2.05, 4.69) is 9.97 Å². The van der Waals surface area contributed by atoms with Crippen LogP contribution in [-0.4, -0.2) is 9.97 Å². The molecule has 2 rings (SSSR count). The van der Waals surface area contributed by atoms with Crippen molar-refractivity contribution < 1.29 is 0 Å². The molecule has 0 atom stereocenters. The van der Waals surface area contributed by atoms with E-state index in [1.165, 1.54) is 0 Å². The summed E-state index contributed by atoms with van der Waals surface area (Å²) in [7, 11) is 0. The maximum atomic E-state index is 6.00. The summed E-state index contributed by atoms with van der Waals surface area (Å²) in [4.78, 5) is 7.82. The fourth-order valence-electron chi connectivity index (χ4n) is 1.21. The summed E-state index contributed by atoms with van der Waals surface area (Å²) < 4.78 is 0. The molecule has 0 bridgehead atoms. The van der Waals surface area contributed by atoms with Crippen molar-refractivity contribution in [1.82, 2.24) is 9.97 Å². The maximum Gasteiger partial charge on any atom is 0.0682 e.